The van der Waals surface area contributed by atoms with Gasteiger partial charge in [-0.1, -0.05) is 28.1 Å². The van der Waals surface area contributed by atoms with Gasteiger partial charge in [-0.05, 0) is 11.6 Å². The first-order valence-corrected chi connectivity index (χ1v) is 5.35. The van der Waals surface area contributed by atoms with E-state index < -0.39 is 17.7 Å². The standard InChI is InChI=1S/C10H9BrF2O2/c11-5-7(14)4-6-2-1-3-8(15)9(6)10(12)13/h1-3,10,15H,4-5H2. The third-order valence-corrected chi connectivity index (χ3v) is 2.55. The molecule has 1 aromatic rings. The molecule has 0 saturated carbocycles. The van der Waals surface area contributed by atoms with Crippen LogP contribution in [0.25, 0.3) is 0 Å². The van der Waals surface area contributed by atoms with Gasteiger partial charge in [-0.25, -0.2) is 8.78 Å². The highest BCUT2D eigenvalue weighted by molar-refractivity contribution is 9.09. The van der Waals surface area contributed by atoms with Crippen LogP contribution < -0.4 is 0 Å². The SMILES string of the molecule is O=C(CBr)Cc1cccc(O)c1C(F)F. The lowest BCUT2D eigenvalue weighted by Gasteiger charge is -2.09. The fourth-order valence-corrected chi connectivity index (χ4v) is 1.46. The molecule has 0 heterocycles. The van der Waals surface area contributed by atoms with Gasteiger partial charge in [0.25, 0.3) is 6.43 Å². The summed E-state index contributed by atoms with van der Waals surface area (Å²) in [5.41, 5.74) is -0.277. The van der Waals surface area contributed by atoms with Gasteiger partial charge in [-0.3, -0.25) is 4.79 Å². The molecule has 0 atom stereocenters. The molecular weight excluding hydrogens is 270 g/mol. The predicted octanol–water partition coefficient (Wildman–Crippen LogP) is 2.84. The van der Waals surface area contributed by atoms with Crippen molar-refractivity contribution in [2.24, 2.45) is 0 Å². The fourth-order valence-electron chi connectivity index (χ4n) is 1.27. The Labute approximate surface area is 94.0 Å². The van der Waals surface area contributed by atoms with Gasteiger partial charge in [-0.15, -0.1) is 0 Å². The quantitative estimate of drug-likeness (QED) is 0.860. The first-order chi connectivity index (χ1) is 7.06. The minimum atomic E-state index is -2.77. The van der Waals surface area contributed by atoms with Crippen LogP contribution in [0.2, 0.25) is 0 Å². The highest BCUT2D eigenvalue weighted by atomic mass is 79.9. The molecule has 0 spiro atoms. The number of aromatic hydroxyl groups is 1. The van der Waals surface area contributed by atoms with Crippen LogP contribution >= 0.6 is 15.9 Å². The summed E-state index contributed by atoms with van der Waals surface area (Å²) in [6.07, 6.45) is -2.87. The largest absolute Gasteiger partial charge is 0.507 e. The number of alkyl halides is 3. The van der Waals surface area contributed by atoms with Crippen LogP contribution in [-0.4, -0.2) is 16.2 Å². The van der Waals surface area contributed by atoms with Crippen molar-refractivity contribution in [3.05, 3.63) is 29.3 Å². The molecule has 0 aliphatic heterocycles. The zero-order valence-corrected chi connectivity index (χ0v) is 9.30. The van der Waals surface area contributed by atoms with Crippen molar-refractivity contribution >= 4 is 21.7 Å². The van der Waals surface area contributed by atoms with E-state index in [1.54, 1.807) is 0 Å². The van der Waals surface area contributed by atoms with Crippen molar-refractivity contribution < 1.29 is 18.7 Å². The molecule has 2 nitrogen and oxygen atoms in total. The summed E-state index contributed by atoms with van der Waals surface area (Å²) in [7, 11) is 0. The van der Waals surface area contributed by atoms with E-state index in [0.717, 1.165) is 0 Å². The van der Waals surface area contributed by atoms with Crippen LogP contribution in [0.15, 0.2) is 18.2 Å². The van der Waals surface area contributed by atoms with Gasteiger partial charge in [0, 0.05) is 6.42 Å². The molecule has 5 heteroatoms. The average Bonchev–Trinajstić information content (AvgIpc) is 2.17. The van der Waals surface area contributed by atoms with E-state index in [0.29, 0.717) is 0 Å². The van der Waals surface area contributed by atoms with Gasteiger partial charge in [-0.2, -0.15) is 0 Å². The number of rotatable bonds is 4. The number of phenols is 1. The number of ketones is 1. The number of hydrogen-bond acceptors (Lipinski definition) is 2. The van der Waals surface area contributed by atoms with Crippen LogP contribution in [-0.2, 0) is 11.2 Å². The molecule has 0 aliphatic carbocycles. The number of phenolic OH excluding ortho intramolecular Hbond substituents is 1. The average molecular weight is 279 g/mol. The van der Waals surface area contributed by atoms with Crippen LogP contribution in [0.5, 0.6) is 5.75 Å². The molecule has 0 saturated heterocycles. The zero-order valence-electron chi connectivity index (χ0n) is 7.71. The minimum absolute atomic E-state index is 0.0979. The van der Waals surface area contributed by atoms with Crippen molar-refractivity contribution in [3.63, 3.8) is 0 Å². The topological polar surface area (TPSA) is 37.3 Å². The predicted molar refractivity (Wildman–Crippen MR) is 55.6 cm³/mol. The first kappa shape index (κ1) is 12.1. The molecule has 82 valence electrons. The third-order valence-electron chi connectivity index (χ3n) is 1.93. The van der Waals surface area contributed by atoms with Gasteiger partial charge in [0.2, 0.25) is 0 Å². The molecule has 15 heavy (non-hydrogen) atoms. The summed E-state index contributed by atoms with van der Waals surface area (Å²) < 4.78 is 25.1. The van der Waals surface area contributed by atoms with E-state index in [1.165, 1.54) is 18.2 Å². The molecule has 0 unspecified atom stereocenters. The summed E-state index contributed by atoms with van der Waals surface area (Å²) in [5, 5.41) is 9.36. The Kier molecular flexibility index (Phi) is 4.20. The number of benzene rings is 1. The van der Waals surface area contributed by atoms with E-state index in [2.05, 4.69) is 15.9 Å². The van der Waals surface area contributed by atoms with E-state index in [9.17, 15) is 18.7 Å². The normalized spacial score (nSPS) is 10.7. The summed E-state index contributed by atoms with van der Waals surface area (Å²) in [4.78, 5) is 11.1. The smallest absolute Gasteiger partial charge is 0.267 e. The Hall–Kier alpha value is -0.970. The highest BCUT2D eigenvalue weighted by Gasteiger charge is 2.18. The number of carbonyl (C=O) groups excluding carboxylic acids is 1. The highest BCUT2D eigenvalue weighted by Crippen LogP contribution is 2.31. The zero-order chi connectivity index (χ0) is 11.4. The van der Waals surface area contributed by atoms with Crippen LogP contribution in [0.4, 0.5) is 8.78 Å². The second-order valence-corrected chi connectivity index (χ2v) is 3.56. The number of carbonyl (C=O) groups is 1. The molecule has 1 rings (SSSR count). The number of Topliss-reactive ketones (excluding diaryl/α,β-unsaturated/α-hetero) is 1. The number of hydrogen-bond donors (Lipinski definition) is 1. The Morgan fingerprint density at radius 1 is 1.47 bits per heavy atom. The van der Waals surface area contributed by atoms with Gasteiger partial charge < -0.3 is 5.11 Å². The van der Waals surface area contributed by atoms with Crippen molar-refractivity contribution in [2.75, 3.05) is 5.33 Å². The maximum atomic E-state index is 12.6. The van der Waals surface area contributed by atoms with Gasteiger partial charge in [0.05, 0.1) is 10.9 Å². The first-order valence-electron chi connectivity index (χ1n) is 4.22. The Morgan fingerprint density at radius 3 is 2.67 bits per heavy atom. The Balaban J connectivity index is 3.06. The molecular formula is C10H9BrF2O2. The second kappa shape index (κ2) is 5.21. The van der Waals surface area contributed by atoms with E-state index >= 15 is 0 Å². The van der Waals surface area contributed by atoms with Crippen LogP contribution in [0.1, 0.15) is 17.6 Å². The van der Waals surface area contributed by atoms with Gasteiger partial charge in [0.15, 0.2) is 0 Å². The van der Waals surface area contributed by atoms with Crippen molar-refractivity contribution in [1.29, 1.82) is 0 Å². The van der Waals surface area contributed by atoms with E-state index in [1.807, 2.05) is 0 Å². The third kappa shape index (κ3) is 2.99. The Bertz CT molecular complexity index is 366. The summed E-state index contributed by atoms with van der Waals surface area (Å²) in [5.74, 6) is -0.674. The van der Waals surface area contributed by atoms with Crippen molar-refractivity contribution in [3.8, 4) is 5.75 Å². The summed E-state index contributed by atoms with van der Waals surface area (Å²) in [6.45, 7) is 0. The maximum Gasteiger partial charge on any atom is 0.267 e. The molecule has 0 radical (unpaired) electrons. The summed E-state index contributed by atoms with van der Waals surface area (Å²) in [6, 6.07) is 4.05. The van der Waals surface area contributed by atoms with Crippen molar-refractivity contribution in [2.45, 2.75) is 12.8 Å². The molecule has 0 amide bonds. The lowest BCUT2D eigenvalue weighted by Crippen LogP contribution is -2.06. The minimum Gasteiger partial charge on any atom is -0.507 e. The van der Waals surface area contributed by atoms with Gasteiger partial charge in [0.1, 0.15) is 11.5 Å². The molecule has 1 aromatic carbocycles. The van der Waals surface area contributed by atoms with Crippen LogP contribution in [0, 0.1) is 0 Å². The molecule has 1 N–H and O–H groups in total. The number of halogens is 3. The van der Waals surface area contributed by atoms with Gasteiger partial charge >= 0.3 is 0 Å². The lowest BCUT2D eigenvalue weighted by molar-refractivity contribution is -0.115. The van der Waals surface area contributed by atoms with Crippen molar-refractivity contribution in [1.82, 2.24) is 0 Å². The molecule has 0 aromatic heterocycles. The molecule has 0 fully saturated rings. The molecule has 0 bridgehead atoms. The monoisotopic (exact) mass is 278 g/mol. The Morgan fingerprint density at radius 2 is 2.13 bits per heavy atom. The van der Waals surface area contributed by atoms with E-state index in [-0.39, 0.29) is 23.1 Å². The molecule has 0 aliphatic rings. The van der Waals surface area contributed by atoms with E-state index in [4.69, 9.17) is 0 Å². The second-order valence-electron chi connectivity index (χ2n) is 3.00. The maximum absolute atomic E-state index is 12.6. The summed E-state index contributed by atoms with van der Waals surface area (Å²) >= 11 is 2.95. The fraction of sp³-hybridized carbons (Fsp3) is 0.300. The lowest BCUT2D eigenvalue weighted by atomic mass is 10.0. The van der Waals surface area contributed by atoms with Crippen LogP contribution in [0.3, 0.4) is 0 Å².